The van der Waals surface area contributed by atoms with Crippen molar-refractivity contribution in [2.24, 2.45) is 4.99 Å². The number of aliphatic imine (C=N–C) groups is 1. The van der Waals surface area contributed by atoms with Crippen molar-refractivity contribution in [2.45, 2.75) is 6.92 Å². The second-order valence-corrected chi connectivity index (χ2v) is 2.30. The van der Waals surface area contributed by atoms with Gasteiger partial charge in [-0.1, -0.05) is 0 Å². The first-order valence-electron chi connectivity index (χ1n) is 3.58. The minimum Gasteiger partial charge on any atom is -0.481 e. The van der Waals surface area contributed by atoms with Gasteiger partial charge >= 0.3 is 0 Å². The second kappa shape index (κ2) is 3.79. The lowest BCUT2D eigenvalue weighted by Crippen LogP contribution is -1.97. The molecule has 64 valence electrons. The molecule has 0 spiro atoms. The SMILES string of the molecule is COC1=NC(OC)=C(C)C=C=C1. The highest BCUT2D eigenvalue weighted by molar-refractivity contribution is 5.88. The summed E-state index contributed by atoms with van der Waals surface area (Å²) in [6.07, 6.45) is 3.46. The topological polar surface area (TPSA) is 30.8 Å². The third-order valence-corrected chi connectivity index (χ3v) is 1.46. The first kappa shape index (κ1) is 8.62. The Labute approximate surface area is 71.7 Å². The maximum absolute atomic E-state index is 5.04. The Bertz CT molecular complexity index is 294. The minimum atomic E-state index is 0.500. The molecule has 0 unspecified atom stereocenters. The molecule has 1 rings (SSSR count). The molecule has 3 heteroatoms. The average Bonchev–Trinajstić information content (AvgIpc) is 2.27. The monoisotopic (exact) mass is 165 g/mol. The van der Waals surface area contributed by atoms with Crippen LogP contribution < -0.4 is 0 Å². The molecule has 0 radical (unpaired) electrons. The smallest absolute Gasteiger partial charge is 0.224 e. The van der Waals surface area contributed by atoms with Crippen LogP contribution in [0.1, 0.15) is 6.92 Å². The molecule has 1 heterocycles. The Balaban J connectivity index is 3.05. The normalized spacial score (nSPS) is 15.8. The highest BCUT2D eigenvalue weighted by atomic mass is 16.5. The van der Waals surface area contributed by atoms with Crippen molar-refractivity contribution < 1.29 is 9.47 Å². The van der Waals surface area contributed by atoms with E-state index in [9.17, 15) is 0 Å². The van der Waals surface area contributed by atoms with Crippen LogP contribution in [-0.2, 0) is 9.47 Å². The van der Waals surface area contributed by atoms with Crippen LogP contribution in [0.3, 0.4) is 0 Å². The number of methoxy groups -OCH3 is 2. The zero-order chi connectivity index (χ0) is 8.97. The quantitative estimate of drug-likeness (QED) is 0.553. The Morgan fingerprint density at radius 2 is 2.00 bits per heavy atom. The van der Waals surface area contributed by atoms with Crippen molar-refractivity contribution in [3.63, 3.8) is 0 Å². The molecule has 1 aliphatic rings. The molecule has 0 N–H and O–H groups in total. The number of rotatable bonds is 1. The zero-order valence-electron chi connectivity index (χ0n) is 7.42. The van der Waals surface area contributed by atoms with Crippen LogP contribution in [0.4, 0.5) is 0 Å². The fourth-order valence-corrected chi connectivity index (χ4v) is 0.831. The lowest BCUT2D eigenvalue weighted by molar-refractivity contribution is 0.281. The Hall–Kier alpha value is -1.47. The van der Waals surface area contributed by atoms with Crippen LogP contribution in [0.15, 0.2) is 34.3 Å². The van der Waals surface area contributed by atoms with Crippen molar-refractivity contribution in [3.05, 3.63) is 29.3 Å². The predicted molar refractivity (Wildman–Crippen MR) is 46.8 cm³/mol. The Kier molecular flexibility index (Phi) is 2.72. The lowest BCUT2D eigenvalue weighted by atomic mass is 10.3. The second-order valence-electron chi connectivity index (χ2n) is 2.30. The van der Waals surface area contributed by atoms with Crippen LogP contribution in [0.2, 0.25) is 0 Å². The van der Waals surface area contributed by atoms with Gasteiger partial charge in [-0.25, -0.2) is 0 Å². The minimum absolute atomic E-state index is 0.500. The van der Waals surface area contributed by atoms with Crippen LogP contribution >= 0.6 is 0 Å². The lowest BCUT2D eigenvalue weighted by Gasteiger charge is -2.02. The molecule has 0 amide bonds. The van der Waals surface area contributed by atoms with Crippen LogP contribution in [-0.4, -0.2) is 20.1 Å². The van der Waals surface area contributed by atoms with E-state index in [1.54, 1.807) is 26.4 Å². The van der Waals surface area contributed by atoms with E-state index in [0.29, 0.717) is 11.8 Å². The number of allylic oxidation sites excluding steroid dienone is 1. The zero-order valence-corrected chi connectivity index (χ0v) is 7.42. The van der Waals surface area contributed by atoms with Crippen molar-refractivity contribution in [2.75, 3.05) is 14.2 Å². The number of nitrogens with zero attached hydrogens (tertiary/aromatic N) is 1. The van der Waals surface area contributed by atoms with E-state index in [-0.39, 0.29) is 0 Å². The van der Waals surface area contributed by atoms with Gasteiger partial charge in [0.15, 0.2) is 0 Å². The molecular formula is C9H11NO2. The molecule has 0 saturated heterocycles. The predicted octanol–water partition coefficient (Wildman–Crippen LogP) is 1.63. The largest absolute Gasteiger partial charge is 0.481 e. The van der Waals surface area contributed by atoms with Gasteiger partial charge in [0.2, 0.25) is 11.8 Å². The molecule has 0 aromatic rings. The molecule has 0 saturated carbocycles. The maximum atomic E-state index is 5.04. The summed E-state index contributed by atoms with van der Waals surface area (Å²) >= 11 is 0. The van der Waals surface area contributed by atoms with Crippen LogP contribution in [0.5, 0.6) is 0 Å². The van der Waals surface area contributed by atoms with E-state index in [1.165, 1.54) is 0 Å². The van der Waals surface area contributed by atoms with Crippen LogP contribution in [0.25, 0.3) is 0 Å². The van der Waals surface area contributed by atoms with Gasteiger partial charge in [-0.3, -0.25) is 0 Å². The molecule has 0 aromatic carbocycles. The highest BCUT2D eigenvalue weighted by Gasteiger charge is 2.02. The van der Waals surface area contributed by atoms with Crippen molar-refractivity contribution in [3.8, 4) is 0 Å². The number of hydrogen-bond donors (Lipinski definition) is 0. The van der Waals surface area contributed by atoms with Gasteiger partial charge in [-0.05, 0) is 13.0 Å². The fraction of sp³-hybridized carbons (Fsp3) is 0.333. The van der Waals surface area contributed by atoms with E-state index >= 15 is 0 Å². The first-order chi connectivity index (χ1) is 5.77. The van der Waals surface area contributed by atoms with E-state index in [1.807, 2.05) is 6.92 Å². The van der Waals surface area contributed by atoms with E-state index in [2.05, 4.69) is 10.7 Å². The summed E-state index contributed by atoms with van der Waals surface area (Å²) < 4.78 is 9.99. The van der Waals surface area contributed by atoms with Gasteiger partial charge in [0, 0.05) is 11.6 Å². The standard InChI is InChI=1S/C9H11NO2/c1-7-5-4-6-8(11-2)10-9(7)12-3/h5-6H,1-3H3. The molecule has 0 fully saturated rings. The number of hydrogen-bond acceptors (Lipinski definition) is 3. The summed E-state index contributed by atoms with van der Waals surface area (Å²) in [6.45, 7) is 1.90. The summed E-state index contributed by atoms with van der Waals surface area (Å²) in [5, 5.41) is 0. The highest BCUT2D eigenvalue weighted by Crippen LogP contribution is 2.10. The van der Waals surface area contributed by atoms with Gasteiger partial charge in [-0.2, -0.15) is 4.99 Å². The van der Waals surface area contributed by atoms with Gasteiger partial charge < -0.3 is 9.47 Å². The van der Waals surface area contributed by atoms with E-state index in [4.69, 9.17) is 9.47 Å². The van der Waals surface area contributed by atoms with Gasteiger partial charge in [0.1, 0.15) is 0 Å². The van der Waals surface area contributed by atoms with E-state index < -0.39 is 0 Å². The Morgan fingerprint density at radius 1 is 1.25 bits per heavy atom. The average molecular weight is 165 g/mol. The van der Waals surface area contributed by atoms with Crippen LogP contribution in [0, 0.1) is 0 Å². The fourth-order valence-electron chi connectivity index (χ4n) is 0.831. The molecule has 0 bridgehead atoms. The Morgan fingerprint density at radius 3 is 2.58 bits per heavy atom. The van der Waals surface area contributed by atoms with Crippen molar-refractivity contribution in [1.82, 2.24) is 0 Å². The molecule has 12 heavy (non-hydrogen) atoms. The molecule has 1 aliphatic heterocycles. The van der Waals surface area contributed by atoms with Crippen molar-refractivity contribution >= 4 is 5.90 Å². The third-order valence-electron chi connectivity index (χ3n) is 1.46. The summed E-state index contributed by atoms with van der Waals surface area (Å²) in [6, 6.07) is 0. The third kappa shape index (κ3) is 1.77. The summed E-state index contributed by atoms with van der Waals surface area (Å²) in [7, 11) is 3.14. The first-order valence-corrected chi connectivity index (χ1v) is 3.58. The molecule has 0 atom stereocenters. The molecular weight excluding hydrogens is 154 g/mol. The summed E-state index contributed by atoms with van der Waals surface area (Å²) in [5.41, 5.74) is 3.85. The summed E-state index contributed by atoms with van der Waals surface area (Å²) in [5.74, 6) is 1.06. The summed E-state index contributed by atoms with van der Waals surface area (Å²) in [4.78, 5) is 4.10. The molecule has 0 aromatic heterocycles. The van der Waals surface area contributed by atoms with E-state index in [0.717, 1.165) is 5.57 Å². The van der Waals surface area contributed by atoms with Gasteiger partial charge in [0.25, 0.3) is 0 Å². The van der Waals surface area contributed by atoms with Crippen molar-refractivity contribution in [1.29, 1.82) is 0 Å². The van der Waals surface area contributed by atoms with Gasteiger partial charge in [0.05, 0.1) is 14.2 Å². The molecule has 3 nitrogen and oxygen atoms in total. The molecule has 0 aliphatic carbocycles. The number of ether oxygens (including phenoxy) is 2. The maximum Gasteiger partial charge on any atom is 0.224 e. The van der Waals surface area contributed by atoms with Gasteiger partial charge in [-0.15, -0.1) is 5.73 Å².